The molecule has 1 saturated heterocycles. The molecule has 1 aliphatic carbocycles. The van der Waals surface area contributed by atoms with E-state index in [0.717, 1.165) is 25.1 Å². The van der Waals surface area contributed by atoms with Crippen LogP contribution in [-0.4, -0.2) is 35.7 Å². The Morgan fingerprint density at radius 2 is 2.17 bits per heavy atom. The van der Waals surface area contributed by atoms with E-state index >= 15 is 0 Å². The fourth-order valence-corrected chi connectivity index (χ4v) is 4.03. The number of amides is 1. The fraction of sp³-hybridized carbons (Fsp3) is 0.647. The van der Waals surface area contributed by atoms with Crippen molar-refractivity contribution in [1.82, 2.24) is 10.3 Å². The summed E-state index contributed by atoms with van der Waals surface area (Å²) >= 11 is 0. The summed E-state index contributed by atoms with van der Waals surface area (Å²) in [7, 11) is 0. The summed E-state index contributed by atoms with van der Waals surface area (Å²) in [5.74, 6) is 0.0753. The highest BCUT2D eigenvalue weighted by atomic mass is 35.5. The van der Waals surface area contributed by atoms with Gasteiger partial charge >= 0.3 is 0 Å². The minimum Gasteiger partial charge on any atom is -0.377 e. The highest BCUT2D eigenvalue weighted by molar-refractivity contribution is 5.89. The molecular weight excluding hydrogens is 349 g/mol. The van der Waals surface area contributed by atoms with Crippen LogP contribution in [0.5, 0.6) is 0 Å². The second-order valence-corrected chi connectivity index (χ2v) is 6.96. The van der Waals surface area contributed by atoms with Gasteiger partial charge in [0.05, 0.1) is 6.10 Å². The van der Waals surface area contributed by atoms with Gasteiger partial charge in [-0.05, 0) is 25.0 Å². The maximum absolute atomic E-state index is 12.7. The molecule has 136 valence electrons. The van der Waals surface area contributed by atoms with Gasteiger partial charge in [-0.3, -0.25) is 9.78 Å². The average molecular weight is 376 g/mol. The lowest BCUT2D eigenvalue weighted by Gasteiger charge is -2.65. The van der Waals surface area contributed by atoms with Crippen molar-refractivity contribution >= 4 is 30.7 Å². The lowest BCUT2D eigenvalue weighted by molar-refractivity contribution is -0.225. The normalized spacial score (nSPS) is 30.0. The van der Waals surface area contributed by atoms with Crippen LogP contribution in [0.1, 0.15) is 32.4 Å². The van der Waals surface area contributed by atoms with Crippen LogP contribution in [0.3, 0.4) is 0 Å². The van der Waals surface area contributed by atoms with Gasteiger partial charge in [-0.15, -0.1) is 24.8 Å². The van der Waals surface area contributed by atoms with Crippen LogP contribution in [0.2, 0.25) is 0 Å². The molecular formula is C17H27Cl2N3O2. The molecule has 0 spiro atoms. The summed E-state index contributed by atoms with van der Waals surface area (Å²) in [6.45, 7) is 5.42. The van der Waals surface area contributed by atoms with Gasteiger partial charge in [0.25, 0.3) is 0 Å². The third kappa shape index (κ3) is 3.27. The van der Waals surface area contributed by atoms with Crippen molar-refractivity contribution in [2.75, 3.05) is 13.2 Å². The molecule has 1 aliphatic heterocycles. The number of aromatic nitrogens is 1. The molecule has 0 bridgehead atoms. The van der Waals surface area contributed by atoms with Crippen molar-refractivity contribution in [1.29, 1.82) is 0 Å². The average Bonchev–Trinajstić information content (AvgIpc) is 2.55. The molecule has 2 aliphatic rings. The maximum atomic E-state index is 12.7. The number of carbonyl (C=O) groups excluding carboxylic acids is 1. The quantitative estimate of drug-likeness (QED) is 0.844. The second-order valence-electron chi connectivity index (χ2n) is 6.96. The molecule has 1 amide bonds. The molecule has 3 rings (SSSR count). The fourth-order valence-electron chi connectivity index (χ4n) is 4.03. The van der Waals surface area contributed by atoms with Gasteiger partial charge in [0.1, 0.15) is 5.54 Å². The first-order valence-electron chi connectivity index (χ1n) is 8.06. The van der Waals surface area contributed by atoms with Crippen molar-refractivity contribution in [2.45, 2.75) is 44.8 Å². The molecule has 3 unspecified atom stereocenters. The molecule has 0 aromatic carbocycles. The van der Waals surface area contributed by atoms with Crippen molar-refractivity contribution < 1.29 is 9.53 Å². The maximum Gasteiger partial charge on any atom is 0.241 e. The third-order valence-electron chi connectivity index (χ3n) is 5.45. The van der Waals surface area contributed by atoms with Crippen molar-refractivity contribution in [3.8, 4) is 0 Å². The highest BCUT2D eigenvalue weighted by Gasteiger charge is 2.70. The topological polar surface area (TPSA) is 77.2 Å². The lowest BCUT2D eigenvalue weighted by atomic mass is 9.46. The highest BCUT2D eigenvalue weighted by Crippen LogP contribution is 2.57. The van der Waals surface area contributed by atoms with Gasteiger partial charge in [-0.2, -0.15) is 0 Å². The molecule has 24 heavy (non-hydrogen) atoms. The molecule has 7 heteroatoms. The molecule has 1 saturated carbocycles. The van der Waals surface area contributed by atoms with Crippen molar-refractivity contribution in [2.24, 2.45) is 17.1 Å². The van der Waals surface area contributed by atoms with E-state index in [0.29, 0.717) is 13.0 Å². The van der Waals surface area contributed by atoms with Gasteiger partial charge in [0.2, 0.25) is 5.91 Å². The minimum absolute atomic E-state index is 0. The van der Waals surface area contributed by atoms with Crippen molar-refractivity contribution in [3.05, 3.63) is 30.1 Å². The van der Waals surface area contributed by atoms with E-state index in [1.54, 1.807) is 6.20 Å². The van der Waals surface area contributed by atoms with Gasteiger partial charge < -0.3 is 15.8 Å². The number of nitrogens with two attached hydrogens (primary N) is 1. The van der Waals surface area contributed by atoms with E-state index in [9.17, 15) is 4.79 Å². The molecule has 3 atom stereocenters. The Hall–Kier alpha value is -0.880. The Labute approximate surface area is 155 Å². The Morgan fingerprint density at radius 3 is 2.83 bits per heavy atom. The summed E-state index contributed by atoms with van der Waals surface area (Å²) in [4.78, 5) is 17.0. The lowest BCUT2D eigenvalue weighted by Crippen LogP contribution is -2.82. The Morgan fingerprint density at radius 1 is 1.42 bits per heavy atom. The van der Waals surface area contributed by atoms with Crippen LogP contribution < -0.4 is 11.1 Å². The van der Waals surface area contributed by atoms with E-state index in [-0.39, 0.29) is 48.2 Å². The van der Waals surface area contributed by atoms with Gasteiger partial charge in [-0.1, -0.05) is 19.9 Å². The van der Waals surface area contributed by atoms with Crippen molar-refractivity contribution in [3.63, 3.8) is 0 Å². The number of fused-ring (bicyclic) bond motifs is 1. The summed E-state index contributed by atoms with van der Waals surface area (Å²) in [5.41, 5.74) is 6.37. The van der Waals surface area contributed by atoms with Gasteiger partial charge in [0, 0.05) is 42.8 Å². The molecule has 0 radical (unpaired) electrons. The standard InChI is InChI=1S/C17H25N3O2.2ClH/c1-16(2)14-13(7-5-11-22-14)17(16,18)15(21)20-10-8-12-6-3-4-9-19-12;;/h3-4,6,9,13-14H,5,7-8,10-11,18H2,1-2H3,(H,20,21);2*1H. The van der Waals surface area contributed by atoms with E-state index in [1.165, 1.54) is 0 Å². The molecule has 2 heterocycles. The second kappa shape index (κ2) is 8.00. The smallest absolute Gasteiger partial charge is 0.241 e. The molecule has 1 aromatic rings. The number of ether oxygens (including phenoxy) is 1. The number of carbonyl (C=O) groups is 1. The Balaban J connectivity index is 0.00000144. The number of hydrogen-bond donors (Lipinski definition) is 2. The van der Waals surface area contributed by atoms with E-state index in [2.05, 4.69) is 10.3 Å². The summed E-state index contributed by atoms with van der Waals surface area (Å²) in [6, 6.07) is 5.80. The van der Waals surface area contributed by atoms with Gasteiger partial charge in [-0.25, -0.2) is 0 Å². The number of hydrogen-bond acceptors (Lipinski definition) is 4. The monoisotopic (exact) mass is 375 g/mol. The van der Waals surface area contributed by atoms with Crippen LogP contribution in [0.4, 0.5) is 0 Å². The Bertz CT molecular complexity index is 556. The predicted molar refractivity (Wildman–Crippen MR) is 98.6 cm³/mol. The Kier molecular flexibility index (Phi) is 7.05. The molecule has 1 aromatic heterocycles. The van der Waals surface area contributed by atoms with E-state index in [4.69, 9.17) is 10.5 Å². The minimum atomic E-state index is -0.831. The summed E-state index contributed by atoms with van der Waals surface area (Å²) in [5, 5.41) is 3.00. The van der Waals surface area contributed by atoms with Crippen LogP contribution in [0.15, 0.2) is 24.4 Å². The van der Waals surface area contributed by atoms with Crippen LogP contribution in [0, 0.1) is 11.3 Å². The zero-order chi connectivity index (χ0) is 15.8. The number of nitrogens with one attached hydrogen (secondary N) is 1. The molecule has 3 N–H and O–H groups in total. The summed E-state index contributed by atoms with van der Waals surface area (Å²) < 4.78 is 5.84. The largest absolute Gasteiger partial charge is 0.377 e. The predicted octanol–water partition coefficient (Wildman–Crippen LogP) is 2.12. The number of halogens is 2. The first-order chi connectivity index (χ1) is 10.5. The molecule has 5 nitrogen and oxygen atoms in total. The van der Waals surface area contributed by atoms with Crippen LogP contribution in [0.25, 0.3) is 0 Å². The SMILES string of the molecule is CC1(C)C2OCCCC2C1(N)C(=O)NCCc1ccccn1.Cl.Cl. The third-order valence-corrected chi connectivity index (χ3v) is 5.45. The van der Waals surface area contributed by atoms with Gasteiger partial charge in [0.15, 0.2) is 0 Å². The number of pyridine rings is 1. The van der Waals surface area contributed by atoms with Crippen LogP contribution in [-0.2, 0) is 16.0 Å². The zero-order valence-corrected chi connectivity index (χ0v) is 15.8. The molecule has 2 fully saturated rings. The number of nitrogens with zero attached hydrogens (tertiary/aromatic N) is 1. The van der Waals surface area contributed by atoms with E-state index in [1.807, 2.05) is 32.0 Å². The first kappa shape index (κ1) is 21.2. The summed E-state index contributed by atoms with van der Waals surface area (Å²) in [6.07, 6.45) is 4.54. The van der Waals surface area contributed by atoms with Crippen LogP contribution >= 0.6 is 24.8 Å². The first-order valence-corrected chi connectivity index (χ1v) is 8.06. The van der Waals surface area contributed by atoms with E-state index < -0.39 is 5.54 Å². The number of rotatable bonds is 4. The zero-order valence-electron chi connectivity index (χ0n) is 14.2.